The van der Waals surface area contributed by atoms with E-state index in [0.717, 1.165) is 22.6 Å². The Morgan fingerprint density at radius 1 is 1.07 bits per heavy atom. The highest BCUT2D eigenvalue weighted by Gasteiger charge is 2.47. The van der Waals surface area contributed by atoms with E-state index in [1.807, 2.05) is 0 Å². The Kier molecular flexibility index (Phi) is 6.08. The maximum absolute atomic E-state index is 13.0. The van der Waals surface area contributed by atoms with Crippen LogP contribution in [0.2, 0.25) is 0 Å². The van der Waals surface area contributed by atoms with E-state index in [9.17, 15) is 19.2 Å². The predicted octanol–water partition coefficient (Wildman–Crippen LogP) is 1.63. The van der Waals surface area contributed by atoms with Gasteiger partial charge in [-0.15, -0.1) is 0 Å². The van der Waals surface area contributed by atoms with Gasteiger partial charge in [0.1, 0.15) is 18.4 Å². The number of carbonyl (C=O) groups excluding carboxylic acids is 4. The molecule has 0 aliphatic carbocycles. The van der Waals surface area contributed by atoms with Crippen molar-refractivity contribution in [3.63, 3.8) is 0 Å². The Hall–Kier alpha value is -2.74. The van der Waals surface area contributed by atoms with Crippen LogP contribution in [0.1, 0.15) is 53.3 Å². The molecule has 0 spiro atoms. The molecule has 4 amide bonds. The zero-order valence-electron chi connectivity index (χ0n) is 16.1. The molecule has 0 bridgehead atoms. The number of hydrogen-bond acceptors (Lipinski definition) is 6. The molecule has 2 aliphatic heterocycles. The Bertz CT molecular complexity index is 806. The number of benzene rings is 1. The van der Waals surface area contributed by atoms with Crippen molar-refractivity contribution in [2.75, 3.05) is 26.9 Å². The van der Waals surface area contributed by atoms with Gasteiger partial charge < -0.3 is 9.47 Å². The first-order chi connectivity index (χ1) is 13.5. The topological polar surface area (TPSA) is 93.2 Å². The minimum absolute atomic E-state index is 0.110. The molecular formula is C20H24N2O6. The van der Waals surface area contributed by atoms with Crippen molar-refractivity contribution in [1.29, 1.82) is 0 Å². The van der Waals surface area contributed by atoms with Gasteiger partial charge in [-0.05, 0) is 25.0 Å². The molecule has 8 heteroatoms. The van der Waals surface area contributed by atoms with E-state index in [4.69, 9.17) is 9.47 Å². The van der Waals surface area contributed by atoms with Crippen LogP contribution in [-0.4, -0.2) is 66.3 Å². The second kappa shape index (κ2) is 8.52. The number of likely N-dealkylation sites (N-methyl/N-ethyl adjacent to an activating group) is 1. The lowest BCUT2D eigenvalue weighted by Crippen LogP contribution is -2.54. The third kappa shape index (κ3) is 3.64. The van der Waals surface area contributed by atoms with Crippen LogP contribution in [0.25, 0.3) is 0 Å². The molecule has 150 valence electrons. The van der Waals surface area contributed by atoms with E-state index in [0.29, 0.717) is 19.0 Å². The van der Waals surface area contributed by atoms with Gasteiger partial charge in [-0.2, -0.15) is 0 Å². The molecule has 1 atom stereocenters. The maximum atomic E-state index is 13.0. The van der Waals surface area contributed by atoms with Gasteiger partial charge in [0, 0.05) is 20.1 Å². The fraction of sp³-hybridized carbons (Fsp3) is 0.500. The van der Waals surface area contributed by atoms with E-state index in [1.165, 1.54) is 7.05 Å². The SMILES string of the molecule is CCCCOCCOc1cccc2c1C(=O)N(C1CCC(=O)N(C)C1=O)C2=O. The molecule has 0 N–H and O–H groups in total. The molecule has 1 aromatic carbocycles. The summed E-state index contributed by atoms with van der Waals surface area (Å²) in [4.78, 5) is 51.9. The van der Waals surface area contributed by atoms with Crippen molar-refractivity contribution in [2.45, 2.75) is 38.6 Å². The maximum Gasteiger partial charge on any atom is 0.266 e. The summed E-state index contributed by atoms with van der Waals surface area (Å²) in [5.74, 6) is -1.66. The number of hydrogen-bond donors (Lipinski definition) is 0. The fourth-order valence-electron chi connectivity index (χ4n) is 3.37. The Balaban J connectivity index is 1.74. The number of rotatable bonds is 8. The summed E-state index contributed by atoms with van der Waals surface area (Å²) < 4.78 is 11.1. The molecule has 2 heterocycles. The number of piperidine rings is 1. The van der Waals surface area contributed by atoms with E-state index >= 15 is 0 Å². The van der Waals surface area contributed by atoms with Gasteiger partial charge in [0.25, 0.3) is 17.7 Å². The molecule has 0 aromatic heterocycles. The molecule has 0 radical (unpaired) electrons. The third-order valence-electron chi connectivity index (χ3n) is 4.97. The lowest BCUT2D eigenvalue weighted by atomic mass is 10.0. The first-order valence-electron chi connectivity index (χ1n) is 9.49. The molecular weight excluding hydrogens is 364 g/mol. The summed E-state index contributed by atoms with van der Waals surface area (Å²) >= 11 is 0. The summed E-state index contributed by atoms with van der Waals surface area (Å²) in [6.07, 6.45) is 2.25. The second-order valence-electron chi connectivity index (χ2n) is 6.82. The minimum atomic E-state index is -0.972. The largest absolute Gasteiger partial charge is 0.490 e. The highest BCUT2D eigenvalue weighted by Crippen LogP contribution is 2.34. The zero-order valence-corrected chi connectivity index (χ0v) is 16.1. The summed E-state index contributed by atoms with van der Waals surface area (Å²) in [5.41, 5.74) is 0.371. The van der Waals surface area contributed by atoms with E-state index < -0.39 is 23.8 Å². The van der Waals surface area contributed by atoms with Crippen LogP contribution < -0.4 is 4.74 Å². The van der Waals surface area contributed by atoms with E-state index in [-0.39, 0.29) is 36.5 Å². The Morgan fingerprint density at radius 3 is 2.61 bits per heavy atom. The number of unbranched alkanes of at least 4 members (excludes halogenated alkanes) is 1. The van der Waals surface area contributed by atoms with Crippen LogP contribution in [0.4, 0.5) is 0 Å². The van der Waals surface area contributed by atoms with Gasteiger partial charge in [0.05, 0.1) is 17.7 Å². The Morgan fingerprint density at radius 2 is 1.86 bits per heavy atom. The second-order valence-corrected chi connectivity index (χ2v) is 6.82. The quantitative estimate of drug-likeness (QED) is 0.496. The van der Waals surface area contributed by atoms with Gasteiger partial charge in [-0.3, -0.25) is 29.0 Å². The molecule has 1 aromatic rings. The minimum Gasteiger partial charge on any atom is -0.490 e. The lowest BCUT2D eigenvalue weighted by molar-refractivity contribution is -0.149. The van der Waals surface area contributed by atoms with Gasteiger partial charge in [0.15, 0.2) is 0 Å². The standard InChI is InChI=1S/C20H24N2O6/c1-3-4-10-27-11-12-28-15-7-5-6-13-17(15)20(26)22(18(13)24)14-8-9-16(23)21(2)19(14)25/h5-7,14H,3-4,8-12H2,1-2H3. The van der Waals surface area contributed by atoms with Crippen LogP contribution in [0, 0.1) is 0 Å². The summed E-state index contributed by atoms with van der Waals surface area (Å²) in [7, 11) is 1.36. The average molecular weight is 388 g/mol. The smallest absolute Gasteiger partial charge is 0.266 e. The number of amides is 4. The molecule has 0 saturated carbocycles. The summed E-state index contributed by atoms with van der Waals surface area (Å²) in [5, 5.41) is 0. The predicted molar refractivity (Wildman–Crippen MR) is 99.0 cm³/mol. The van der Waals surface area contributed by atoms with Crippen LogP contribution in [-0.2, 0) is 14.3 Å². The Labute approximate surface area is 163 Å². The molecule has 1 unspecified atom stereocenters. The number of ether oxygens (including phenoxy) is 2. The van der Waals surface area contributed by atoms with Crippen molar-refractivity contribution in [1.82, 2.24) is 9.80 Å². The average Bonchev–Trinajstić information content (AvgIpc) is 2.94. The number of likely N-dealkylation sites (tertiary alicyclic amines) is 1. The summed E-state index contributed by atoms with van der Waals surface area (Å²) in [6, 6.07) is 3.83. The highest BCUT2D eigenvalue weighted by molar-refractivity contribution is 6.24. The zero-order chi connectivity index (χ0) is 20.3. The summed E-state index contributed by atoms with van der Waals surface area (Å²) in [6.45, 7) is 3.35. The number of imide groups is 2. The number of fused-ring (bicyclic) bond motifs is 1. The first kappa shape index (κ1) is 20.0. The van der Waals surface area contributed by atoms with Crippen molar-refractivity contribution in [3.05, 3.63) is 29.3 Å². The van der Waals surface area contributed by atoms with Crippen LogP contribution in [0.15, 0.2) is 18.2 Å². The van der Waals surface area contributed by atoms with Crippen molar-refractivity contribution in [3.8, 4) is 5.75 Å². The highest BCUT2D eigenvalue weighted by atomic mass is 16.5. The molecule has 8 nitrogen and oxygen atoms in total. The molecule has 1 fully saturated rings. The molecule has 2 aliphatic rings. The van der Waals surface area contributed by atoms with Crippen LogP contribution in [0.5, 0.6) is 5.75 Å². The first-order valence-corrected chi connectivity index (χ1v) is 9.49. The molecule has 28 heavy (non-hydrogen) atoms. The number of carbonyl (C=O) groups is 4. The molecule has 3 rings (SSSR count). The van der Waals surface area contributed by atoms with Crippen molar-refractivity contribution in [2.24, 2.45) is 0 Å². The van der Waals surface area contributed by atoms with E-state index in [1.54, 1.807) is 18.2 Å². The third-order valence-corrected chi connectivity index (χ3v) is 4.97. The van der Waals surface area contributed by atoms with Crippen LogP contribution in [0.3, 0.4) is 0 Å². The van der Waals surface area contributed by atoms with Gasteiger partial charge >= 0.3 is 0 Å². The monoisotopic (exact) mass is 388 g/mol. The van der Waals surface area contributed by atoms with Gasteiger partial charge in [-0.25, -0.2) is 0 Å². The fourth-order valence-corrected chi connectivity index (χ4v) is 3.37. The van der Waals surface area contributed by atoms with E-state index in [2.05, 4.69) is 6.92 Å². The number of nitrogens with zero attached hydrogens (tertiary/aromatic N) is 2. The van der Waals surface area contributed by atoms with Crippen LogP contribution >= 0.6 is 0 Å². The molecule has 1 saturated heterocycles. The van der Waals surface area contributed by atoms with Gasteiger partial charge in [-0.1, -0.05) is 19.4 Å². The normalized spacial score (nSPS) is 19.4. The van der Waals surface area contributed by atoms with Crippen molar-refractivity contribution >= 4 is 23.6 Å². The van der Waals surface area contributed by atoms with Gasteiger partial charge in [0.2, 0.25) is 5.91 Å². The lowest BCUT2D eigenvalue weighted by Gasteiger charge is -2.32. The van der Waals surface area contributed by atoms with Crippen molar-refractivity contribution < 1.29 is 28.7 Å².